The van der Waals surface area contributed by atoms with Crippen LogP contribution in [0, 0.1) is 15.9 Å². The van der Waals surface area contributed by atoms with Crippen LogP contribution in [-0.2, 0) is 6.54 Å². The molecule has 0 amide bonds. The van der Waals surface area contributed by atoms with Crippen molar-refractivity contribution in [2.24, 2.45) is 0 Å². The van der Waals surface area contributed by atoms with Crippen molar-refractivity contribution in [3.05, 3.63) is 69.5 Å². The molecule has 0 atom stereocenters. The Morgan fingerprint density at radius 2 is 2.05 bits per heavy atom. The maximum atomic E-state index is 13.1. The number of halogens is 1. The highest BCUT2D eigenvalue weighted by Crippen LogP contribution is 2.40. The van der Waals surface area contributed by atoms with Crippen LogP contribution in [0.2, 0.25) is 0 Å². The SMILES string of the molecule is O=[N+]([O-])c1cc(F)ccc1NCc1cccc(C2CC2)c1. The average molecular weight is 286 g/mol. The number of nitrogens with one attached hydrogen (secondary N) is 1. The van der Waals surface area contributed by atoms with E-state index < -0.39 is 10.7 Å². The molecule has 0 bridgehead atoms. The standard InChI is InChI=1S/C16H15FN2O2/c17-14-6-7-15(16(9-14)19(20)21)18-10-11-2-1-3-13(8-11)12-4-5-12/h1-3,6-9,12,18H,4-5,10H2. The average Bonchev–Trinajstić information content (AvgIpc) is 3.31. The number of nitro benzene ring substituents is 1. The molecule has 0 heterocycles. The molecule has 1 aliphatic rings. The van der Waals surface area contributed by atoms with Gasteiger partial charge in [-0.15, -0.1) is 0 Å². The van der Waals surface area contributed by atoms with Crippen LogP contribution in [-0.4, -0.2) is 4.92 Å². The van der Waals surface area contributed by atoms with E-state index in [1.165, 1.54) is 30.5 Å². The summed E-state index contributed by atoms with van der Waals surface area (Å²) < 4.78 is 13.1. The van der Waals surface area contributed by atoms with Crippen LogP contribution in [0.3, 0.4) is 0 Å². The lowest BCUT2D eigenvalue weighted by atomic mass is 10.1. The fourth-order valence-electron chi connectivity index (χ4n) is 2.38. The van der Waals surface area contributed by atoms with Crippen LogP contribution < -0.4 is 5.32 Å². The fraction of sp³-hybridized carbons (Fsp3) is 0.250. The minimum absolute atomic E-state index is 0.242. The van der Waals surface area contributed by atoms with Crippen LogP contribution in [0.25, 0.3) is 0 Å². The van der Waals surface area contributed by atoms with Gasteiger partial charge < -0.3 is 5.32 Å². The van der Waals surface area contributed by atoms with Crippen LogP contribution in [0.15, 0.2) is 42.5 Å². The van der Waals surface area contributed by atoms with Crippen molar-refractivity contribution in [3.63, 3.8) is 0 Å². The third kappa shape index (κ3) is 3.18. The zero-order valence-corrected chi connectivity index (χ0v) is 11.4. The Labute approximate surface area is 121 Å². The van der Waals surface area contributed by atoms with E-state index in [9.17, 15) is 14.5 Å². The van der Waals surface area contributed by atoms with Gasteiger partial charge in [0.15, 0.2) is 0 Å². The van der Waals surface area contributed by atoms with Crippen LogP contribution in [0.1, 0.15) is 29.9 Å². The van der Waals surface area contributed by atoms with E-state index in [-0.39, 0.29) is 5.69 Å². The zero-order chi connectivity index (χ0) is 14.8. The Kier molecular flexibility index (Phi) is 3.56. The lowest BCUT2D eigenvalue weighted by molar-refractivity contribution is -0.384. The Morgan fingerprint density at radius 1 is 1.24 bits per heavy atom. The predicted molar refractivity (Wildman–Crippen MR) is 78.8 cm³/mol. The summed E-state index contributed by atoms with van der Waals surface area (Å²) in [6.07, 6.45) is 2.47. The Morgan fingerprint density at radius 3 is 2.76 bits per heavy atom. The minimum Gasteiger partial charge on any atom is -0.375 e. The summed E-state index contributed by atoms with van der Waals surface area (Å²) in [7, 11) is 0. The third-order valence-electron chi connectivity index (χ3n) is 3.64. The van der Waals surface area contributed by atoms with Crippen molar-refractivity contribution in [2.45, 2.75) is 25.3 Å². The zero-order valence-electron chi connectivity index (χ0n) is 11.4. The van der Waals surface area contributed by atoms with Crippen molar-refractivity contribution in [1.82, 2.24) is 0 Å². The Hall–Kier alpha value is -2.43. The molecule has 0 spiro atoms. The van der Waals surface area contributed by atoms with Gasteiger partial charge in [0.25, 0.3) is 5.69 Å². The normalized spacial score (nSPS) is 14.0. The van der Waals surface area contributed by atoms with Gasteiger partial charge in [-0.2, -0.15) is 0 Å². The number of nitrogens with zero attached hydrogens (tertiary/aromatic N) is 1. The molecule has 1 fully saturated rings. The number of hydrogen-bond acceptors (Lipinski definition) is 3. The number of hydrogen-bond donors (Lipinski definition) is 1. The Bertz CT molecular complexity index is 684. The number of nitro groups is 1. The quantitative estimate of drug-likeness (QED) is 0.661. The third-order valence-corrected chi connectivity index (χ3v) is 3.64. The second kappa shape index (κ2) is 5.52. The number of anilines is 1. The Balaban J connectivity index is 1.75. The molecule has 4 nitrogen and oxygen atoms in total. The largest absolute Gasteiger partial charge is 0.375 e. The van der Waals surface area contributed by atoms with Gasteiger partial charge >= 0.3 is 0 Å². The number of benzene rings is 2. The van der Waals surface area contributed by atoms with Crippen molar-refractivity contribution >= 4 is 11.4 Å². The summed E-state index contributed by atoms with van der Waals surface area (Å²) in [6.45, 7) is 0.479. The summed E-state index contributed by atoms with van der Waals surface area (Å²) in [5, 5.41) is 14.0. The van der Waals surface area contributed by atoms with Crippen molar-refractivity contribution in [3.8, 4) is 0 Å². The van der Waals surface area contributed by atoms with Crippen LogP contribution >= 0.6 is 0 Å². The first kappa shape index (κ1) is 13.5. The first-order valence-electron chi connectivity index (χ1n) is 6.90. The number of rotatable bonds is 5. The van der Waals surface area contributed by atoms with E-state index in [1.807, 2.05) is 12.1 Å². The summed E-state index contributed by atoms with van der Waals surface area (Å²) >= 11 is 0. The van der Waals surface area contributed by atoms with E-state index in [0.717, 1.165) is 11.6 Å². The molecule has 3 rings (SSSR count). The molecular formula is C16H15FN2O2. The van der Waals surface area contributed by atoms with Crippen molar-refractivity contribution in [1.29, 1.82) is 0 Å². The molecule has 1 aliphatic carbocycles. The summed E-state index contributed by atoms with van der Waals surface area (Å²) in [5.74, 6) is 0.0630. The van der Waals surface area contributed by atoms with E-state index in [1.54, 1.807) is 0 Å². The molecule has 21 heavy (non-hydrogen) atoms. The highest BCUT2D eigenvalue weighted by atomic mass is 19.1. The van der Waals surface area contributed by atoms with Gasteiger partial charge in [0, 0.05) is 6.54 Å². The molecule has 1 saturated carbocycles. The molecule has 0 radical (unpaired) electrons. The molecule has 2 aromatic rings. The molecule has 0 saturated heterocycles. The van der Waals surface area contributed by atoms with E-state index in [0.29, 0.717) is 18.2 Å². The van der Waals surface area contributed by atoms with Crippen molar-refractivity contribution < 1.29 is 9.31 Å². The smallest absolute Gasteiger partial charge is 0.295 e. The highest BCUT2D eigenvalue weighted by Gasteiger charge is 2.23. The monoisotopic (exact) mass is 286 g/mol. The molecule has 0 unspecified atom stereocenters. The summed E-state index contributed by atoms with van der Waals surface area (Å²) in [5.41, 5.74) is 2.48. The predicted octanol–water partition coefficient (Wildman–Crippen LogP) is 4.22. The van der Waals surface area contributed by atoms with Crippen molar-refractivity contribution in [2.75, 3.05) is 5.32 Å². The molecule has 2 aromatic carbocycles. The van der Waals surface area contributed by atoms with Gasteiger partial charge in [-0.05, 0) is 42.0 Å². The molecular weight excluding hydrogens is 271 g/mol. The van der Waals surface area contributed by atoms with Gasteiger partial charge in [-0.3, -0.25) is 10.1 Å². The van der Waals surface area contributed by atoms with Crippen LogP contribution in [0.5, 0.6) is 0 Å². The minimum atomic E-state index is -0.608. The topological polar surface area (TPSA) is 55.2 Å². The molecule has 108 valence electrons. The van der Waals surface area contributed by atoms with E-state index in [4.69, 9.17) is 0 Å². The first-order chi connectivity index (χ1) is 10.1. The second-order valence-electron chi connectivity index (χ2n) is 5.29. The van der Waals surface area contributed by atoms with Gasteiger partial charge in [0.05, 0.1) is 11.0 Å². The maximum Gasteiger partial charge on any atom is 0.295 e. The van der Waals surface area contributed by atoms with Gasteiger partial charge in [0.2, 0.25) is 0 Å². The highest BCUT2D eigenvalue weighted by molar-refractivity contribution is 5.61. The molecule has 1 N–H and O–H groups in total. The molecule has 5 heteroatoms. The van der Waals surface area contributed by atoms with Gasteiger partial charge in [-0.25, -0.2) is 4.39 Å². The van der Waals surface area contributed by atoms with Gasteiger partial charge in [0.1, 0.15) is 11.5 Å². The maximum absolute atomic E-state index is 13.1. The van der Waals surface area contributed by atoms with Crippen LogP contribution in [0.4, 0.5) is 15.8 Å². The second-order valence-corrected chi connectivity index (χ2v) is 5.29. The van der Waals surface area contributed by atoms with Gasteiger partial charge in [-0.1, -0.05) is 24.3 Å². The lowest BCUT2D eigenvalue weighted by Gasteiger charge is -2.08. The lowest BCUT2D eigenvalue weighted by Crippen LogP contribution is -2.03. The van der Waals surface area contributed by atoms with E-state index >= 15 is 0 Å². The first-order valence-corrected chi connectivity index (χ1v) is 6.90. The fourth-order valence-corrected chi connectivity index (χ4v) is 2.38. The summed E-state index contributed by atoms with van der Waals surface area (Å²) in [4.78, 5) is 10.4. The molecule has 0 aliphatic heterocycles. The van der Waals surface area contributed by atoms with E-state index in [2.05, 4.69) is 17.4 Å². The molecule has 0 aromatic heterocycles. The summed E-state index contributed by atoms with van der Waals surface area (Å²) in [6, 6.07) is 11.8.